The molecule has 14 heteroatoms. The number of aliphatic carboxylic acids is 1. The Labute approximate surface area is 322 Å². The van der Waals surface area contributed by atoms with E-state index in [1.165, 1.54) is 0 Å². The van der Waals surface area contributed by atoms with Gasteiger partial charge in [0.05, 0.1) is 26.2 Å². The van der Waals surface area contributed by atoms with Gasteiger partial charge in [0.2, 0.25) is 29.4 Å². The van der Waals surface area contributed by atoms with Crippen LogP contribution in [0.25, 0.3) is 11.1 Å². The maximum atomic E-state index is 14.0. The third-order valence-corrected chi connectivity index (χ3v) is 9.19. The number of Topliss-reactive ketones (excluding diaryl/α,β-unsaturated/α-hetero) is 2. The molecule has 0 aromatic heterocycles. The van der Waals surface area contributed by atoms with Crippen molar-refractivity contribution >= 4 is 47.1 Å². The zero-order chi connectivity index (χ0) is 40.0. The van der Waals surface area contributed by atoms with Crippen LogP contribution < -0.4 is 26.6 Å². The van der Waals surface area contributed by atoms with Gasteiger partial charge in [-0.2, -0.15) is 0 Å². The van der Waals surface area contributed by atoms with Crippen LogP contribution in [0.3, 0.4) is 0 Å². The lowest BCUT2D eigenvalue weighted by atomic mass is 9.78. The third-order valence-electron chi connectivity index (χ3n) is 9.19. The van der Waals surface area contributed by atoms with E-state index in [0.717, 1.165) is 27.8 Å². The van der Waals surface area contributed by atoms with Crippen molar-refractivity contribution in [3.8, 4) is 11.1 Å². The Kier molecular flexibility index (Phi) is 13.9. The lowest BCUT2D eigenvalue weighted by molar-refractivity contribution is -0.141. The molecule has 1 aliphatic carbocycles. The first-order valence-corrected chi connectivity index (χ1v) is 17.9. The van der Waals surface area contributed by atoms with Crippen LogP contribution in [0.1, 0.15) is 34.6 Å². The molecule has 14 nitrogen and oxygen atoms in total. The molecule has 4 aromatic rings. The number of nitrogens with one attached hydrogen (secondary N) is 5. The highest BCUT2D eigenvalue weighted by atomic mass is 16.4. The Morgan fingerprint density at radius 1 is 0.536 bits per heavy atom. The second kappa shape index (κ2) is 19.4. The topological polar surface area (TPSA) is 217 Å². The van der Waals surface area contributed by atoms with Gasteiger partial charge in [0.1, 0.15) is 12.5 Å². The highest BCUT2D eigenvalue weighted by Crippen LogP contribution is 2.49. The van der Waals surface area contributed by atoms with Crippen LogP contribution in [-0.4, -0.2) is 84.4 Å². The minimum absolute atomic E-state index is 0.0311. The number of amides is 5. The molecule has 1 aliphatic rings. The minimum atomic E-state index is -1.34. The van der Waals surface area contributed by atoms with Gasteiger partial charge in [0, 0.05) is 18.3 Å². The fraction of sp³-hybridized carbons (Fsp3) is 0.238. The van der Waals surface area contributed by atoms with Crippen molar-refractivity contribution in [1.82, 2.24) is 26.6 Å². The van der Waals surface area contributed by atoms with Crippen LogP contribution in [0.4, 0.5) is 0 Å². The summed E-state index contributed by atoms with van der Waals surface area (Å²) in [6.07, 6.45) is -0.454. The molecular weight excluding hydrogens is 718 g/mol. The van der Waals surface area contributed by atoms with E-state index in [1.807, 2.05) is 78.9 Å². The second-order valence-corrected chi connectivity index (χ2v) is 13.2. The third kappa shape index (κ3) is 11.0. The summed E-state index contributed by atoms with van der Waals surface area (Å²) in [5.74, 6) is -7.87. The fourth-order valence-electron chi connectivity index (χ4n) is 6.60. The maximum Gasteiger partial charge on any atom is 0.310 e. The van der Waals surface area contributed by atoms with Gasteiger partial charge < -0.3 is 31.7 Å². The Morgan fingerprint density at radius 3 is 1.59 bits per heavy atom. The normalized spacial score (nSPS) is 12.5. The molecule has 6 N–H and O–H groups in total. The molecule has 0 unspecified atom stereocenters. The quantitative estimate of drug-likeness (QED) is 0.0602. The highest BCUT2D eigenvalue weighted by Gasteiger charge is 2.40. The number of hydrogen-bond acceptors (Lipinski definition) is 8. The first-order chi connectivity index (χ1) is 27.0. The number of carbonyl (C=O) groups is 8. The molecule has 0 heterocycles. The van der Waals surface area contributed by atoms with Crippen LogP contribution in [0.2, 0.25) is 0 Å². The summed E-state index contributed by atoms with van der Waals surface area (Å²) in [4.78, 5) is 100. The van der Waals surface area contributed by atoms with Crippen molar-refractivity contribution in [1.29, 1.82) is 0 Å². The Balaban J connectivity index is 1.17. The molecule has 0 bridgehead atoms. The SMILES string of the molecule is O=C(O)CC(=O)CNC(=O)CNC(=O)[C@H](Cc1ccccc1)NC(=O)CNC(=O)CNC(=O)C(=O)[C@@H](Cc1ccccc1)C1c2ccccc2-c2ccccc21. The molecule has 5 rings (SSSR count). The molecule has 0 spiro atoms. The zero-order valence-corrected chi connectivity index (χ0v) is 30.3. The van der Waals surface area contributed by atoms with E-state index in [0.29, 0.717) is 5.56 Å². The van der Waals surface area contributed by atoms with Crippen molar-refractivity contribution in [3.05, 3.63) is 131 Å². The van der Waals surface area contributed by atoms with Crippen molar-refractivity contribution in [3.63, 3.8) is 0 Å². The van der Waals surface area contributed by atoms with E-state index >= 15 is 0 Å². The summed E-state index contributed by atoms with van der Waals surface area (Å²) < 4.78 is 0. The van der Waals surface area contributed by atoms with Crippen LogP contribution in [0.15, 0.2) is 109 Å². The number of ketones is 2. The van der Waals surface area contributed by atoms with Gasteiger partial charge in [-0.1, -0.05) is 109 Å². The summed E-state index contributed by atoms with van der Waals surface area (Å²) in [6.45, 7) is -2.25. The number of carboxylic acids is 1. The molecule has 288 valence electrons. The largest absolute Gasteiger partial charge is 0.481 e. The van der Waals surface area contributed by atoms with Crippen LogP contribution in [-0.2, 0) is 51.2 Å². The van der Waals surface area contributed by atoms with Crippen molar-refractivity contribution < 1.29 is 43.5 Å². The van der Waals surface area contributed by atoms with Gasteiger partial charge in [-0.25, -0.2) is 0 Å². The molecule has 0 radical (unpaired) electrons. The molecule has 4 aromatic carbocycles. The molecule has 0 aliphatic heterocycles. The van der Waals surface area contributed by atoms with Gasteiger partial charge in [-0.05, 0) is 39.8 Å². The number of rotatable bonds is 19. The smallest absolute Gasteiger partial charge is 0.310 e. The van der Waals surface area contributed by atoms with Crippen LogP contribution in [0.5, 0.6) is 0 Å². The predicted octanol–water partition coefficient (Wildman–Crippen LogP) is 1.46. The number of benzene rings is 4. The minimum Gasteiger partial charge on any atom is -0.481 e. The predicted molar refractivity (Wildman–Crippen MR) is 204 cm³/mol. The molecule has 0 fully saturated rings. The molecule has 0 saturated carbocycles. The summed E-state index contributed by atoms with van der Waals surface area (Å²) in [6, 6.07) is 32.5. The van der Waals surface area contributed by atoms with Gasteiger partial charge in [-0.3, -0.25) is 38.4 Å². The number of carbonyl (C=O) groups excluding carboxylic acids is 7. The number of carboxylic acid groups (broad SMARTS) is 1. The second-order valence-electron chi connectivity index (χ2n) is 13.2. The summed E-state index contributed by atoms with van der Waals surface area (Å²) >= 11 is 0. The first-order valence-electron chi connectivity index (χ1n) is 17.9. The van der Waals surface area contributed by atoms with Crippen molar-refractivity contribution in [2.75, 3.05) is 26.2 Å². The van der Waals surface area contributed by atoms with E-state index < -0.39 is 97.5 Å². The van der Waals surface area contributed by atoms with E-state index in [1.54, 1.807) is 30.3 Å². The van der Waals surface area contributed by atoms with Crippen molar-refractivity contribution in [2.24, 2.45) is 5.92 Å². The molecular formula is C42H41N5O9. The van der Waals surface area contributed by atoms with Gasteiger partial charge in [0.25, 0.3) is 5.91 Å². The maximum absolute atomic E-state index is 14.0. The average Bonchev–Trinajstić information content (AvgIpc) is 3.53. The van der Waals surface area contributed by atoms with Gasteiger partial charge in [0.15, 0.2) is 5.78 Å². The van der Waals surface area contributed by atoms with Crippen molar-refractivity contribution in [2.45, 2.75) is 31.2 Å². The Morgan fingerprint density at radius 2 is 1.02 bits per heavy atom. The van der Waals surface area contributed by atoms with Crippen LogP contribution >= 0.6 is 0 Å². The molecule has 56 heavy (non-hydrogen) atoms. The molecule has 5 amide bonds. The first kappa shape index (κ1) is 40.2. The van der Waals surface area contributed by atoms with E-state index in [9.17, 15) is 38.4 Å². The highest BCUT2D eigenvalue weighted by molar-refractivity contribution is 6.37. The lowest BCUT2D eigenvalue weighted by Crippen LogP contribution is -2.52. The van der Waals surface area contributed by atoms with Gasteiger partial charge >= 0.3 is 5.97 Å². The number of hydrogen-bond donors (Lipinski definition) is 6. The average molecular weight is 760 g/mol. The van der Waals surface area contributed by atoms with E-state index in [2.05, 4.69) is 26.6 Å². The zero-order valence-electron chi connectivity index (χ0n) is 30.3. The van der Waals surface area contributed by atoms with Crippen LogP contribution in [0, 0.1) is 5.92 Å². The van der Waals surface area contributed by atoms with Gasteiger partial charge in [-0.15, -0.1) is 0 Å². The molecule has 2 atom stereocenters. The summed E-state index contributed by atoms with van der Waals surface area (Å²) in [7, 11) is 0. The Bertz CT molecular complexity index is 2060. The number of fused-ring (bicyclic) bond motifs is 3. The molecule has 0 saturated heterocycles. The standard InChI is InChI=1S/C42H41N5O9/c48-28(21-38(52)53)22-43-35(49)23-45-41(55)34(20-27-13-5-2-6-14-27)47-37(51)25-44-36(50)24-46-42(56)40(54)33(19-26-11-3-1-4-12-26)39-31-17-9-7-15-29(31)30-16-8-10-18-32(30)39/h1-18,33-34,39H,19-25H2,(H,43,49)(H,44,50)(H,45,55)(H,46,56)(H,47,51)(H,52,53)/t33-,34-/m0/s1. The fourth-order valence-corrected chi connectivity index (χ4v) is 6.60. The monoisotopic (exact) mass is 759 g/mol. The van der Waals surface area contributed by atoms with E-state index in [4.69, 9.17) is 5.11 Å². The lowest BCUT2D eigenvalue weighted by Gasteiger charge is -2.24. The summed E-state index contributed by atoms with van der Waals surface area (Å²) in [5, 5.41) is 20.6. The Hall–Kier alpha value is -6.96. The summed E-state index contributed by atoms with van der Waals surface area (Å²) in [5.41, 5.74) is 5.42. The van der Waals surface area contributed by atoms with E-state index in [-0.39, 0.29) is 12.8 Å².